The van der Waals surface area contributed by atoms with Gasteiger partial charge in [0.1, 0.15) is 0 Å². The number of benzene rings is 6. The van der Waals surface area contributed by atoms with Crippen molar-refractivity contribution in [2.45, 2.75) is 0 Å². The summed E-state index contributed by atoms with van der Waals surface area (Å²) in [6, 6.07) is 50.5. The second kappa shape index (κ2) is 8.47. The van der Waals surface area contributed by atoms with E-state index in [0.717, 1.165) is 0 Å². The van der Waals surface area contributed by atoms with E-state index in [-0.39, 0.29) is 0 Å². The molecule has 0 bridgehead atoms. The zero-order valence-electron chi connectivity index (χ0n) is 21.7. The second-order valence-electron chi connectivity index (χ2n) is 10.3. The van der Waals surface area contributed by atoms with Gasteiger partial charge in [-0.1, -0.05) is 109 Å². The van der Waals surface area contributed by atoms with Gasteiger partial charge in [-0.2, -0.15) is 0 Å². The molecule has 0 saturated carbocycles. The van der Waals surface area contributed by atoms with Gasteiger partial charge in [0, 0.05) is 39.8 Å². The first kappa shape index (κ1) is 22.0. The molecular formula is C37H26N2. The first-order chi connectivity index (χ1) is 19.3. The Morgan fingerprint density at radius 1 is 0.385 bits per heavy atom. The third kappa shape index (κ3) is 3.28. The summed E-state index contributed by atoms with van der Waals surface area (Å²) < 4.78 is 4.81. The fraction of sp³-hybridized carbons (Fsp3) is 0.0270. The maximum absolute atomic E-state index is 2.45. The molecular weight excluding hydrogens is 472 g/mol. The van der Waals surface area contributed by atoms with Crippen LogP contribution in [0.5, 0.6) is 0 Å². The quantitative estimate of drug-likeness (QED) is 0.229. The normalized spacial score (nSPS) is 11.7. The minimum absolute atomic E-state index is 1.17. The van der Waals surface area contributed by atoms with Gasteiger partial charge >= 0.3 is 0 Å². The van der Waals surface area contributed by atoms with E-state index in [2.05, 4.69) is 156 Å². The molecule has 0 amide bonds. The lowest BCUT2D eigenvalue weighted by Gasteiger charge is -2.12. The first-order valence-electron chi connectivity index (χ1n) is 13.4. The first-order valence-corrected chi connectivity index (χ1v) is 13.4. The molecule has 0 aliphatic rings. The largest absolute Gasteiger partial charge is 0.342 e. The lowest BCUT2D eigenvalue weighted by Crippen LogP contribution is -1.97. The minimum atomic E-state index is 1.17. The lowest BCUT2D eigenvalue weighted by atomic mass is 9.99. The van der Waals surface area contributed by atoms with Gasteiger partial charge in [0.05, 0.1) is 16.6 Å². The predicted octanol–water partition coefficient (Wildman–Crippen LogP) is 9.76. The highest BCUT2D eigenvalue weighted by Crippen LogP contribution is 2.40. The maximum atomic E-state index is 2.45. The van der Waals surface area contributed by atoms with Crippen molar-refractivity contribution in [3.63, 3.8) is 0 Å². The second-order valence-corrected chi connectivity index (χ2v) is 10.3. The van der Waals surface area contributed by atoms with Crippen molar-refractivity contribution in [3.05, 3.63) is 140 Å². The molecule has 0 spiro atoms. The molecule has 39 heavy (non-hydrogen) atoms. The van der Waals surface area contributed by atoms with Crippen LogP contribution in [0, 0.1) is 0 Å². The molecule has 2 heteroatoms. The molecule has 6 aromatic carbocycles. The van der Waals surface area contributed by atoms with Crippen LogP contribution in [0.1, 0.15) is 0 Å². The van der Waals surface area contributed by atoms with Crippen LogP contribution in [0.3, 0.4) is 0 Å². The predicted molar refractivity (Wildman–Crippen MR) is 166 cm³/mol. The molecule has 2 nitrogen and oxygen atoms in total. The van der Waals surface area contributed by atoms with Gasteiger partial charge in [-0.15, -0.1) is 0 Å². The van der Waals surface area contributed by atoms with E-state index in [9.17, 15) is 0 Å². The van der Waals surface area contributed by atoms with Crippen molar-refractivity contribution in [3.8, 4) is 27.9 Å². The number of nitrogens with zero attached hydrogens (tertiary/aromatic N) is 2. The molecule has 8 rings (SSSR count). The zero-order chi connectivity index (χ0) is 25.9. The number of fused-ring (bicyclic) bond motifs is 7. The topological polar surface area (TPSA) is 9.86 Å². The molecule has 8 aromatic rings. The van der Waals surface area contributed by atoms with Crippen LogP contribution in [0.4, 0.5) is 0 Å². The molecule has 0 saturated heterocycles. The van der Waals surface area contributed by atoms with E-state index >= 15 is 0 Å². The highest BCUT2D eigenvalue weighted by Gasteiger charge is 2.19. The van der Waals surface area contributed by atoms with Gasteiger partial charge in [-0.25, -0.2) is 0 Å². The fourth-order valence-corrected chi connectivity index (χ4v) is 6.31. The molecule has 0 radical (unpaired) electrons. The van der Waals surface area contributed by atoms with Crippen molar-refractivity contribution >= 4 is 43.6 Å². The van der Waals surface area contributed by atoms with Gasteiger partial charge in [-0.3, -0.25) is 0 Å². The summed E-state index contributed by atoms with van der Waals surface area (Å²) in [7, 11) is 2.19. The van der Waals surface area contributed by atoms with E-state index in [1.54, 1.807) is 0 Å². The van der Waals surface area contributed by atoms with Crippen LogP contribution in [0.25, 0.3) is 71.6 Å². The average molecular weight is 499 g/mol. The highest BCUT2D eigenvalue weighted by atomic mass is 15.0. The van der Waals surface area contributed by atoms with Crippen LogP contribution < -0.4 is 0 Å². The Kier molecular flexibility index (Phi) is 4.77. The number of hydrogen-bond donors (Lipinski definition) is 0. The summed E-state index contributed by atoms with van der Waals surface area (Å²) in [5.74, 6) is 0. The van der Waals surface area contributed by atoms with Crippen LogP contribution in [-0.2, 0) is 7.05 Å². The van der Waals surface area contributed by atoms with E-state index in [4.69, 9.17) is 0 Å². The molecule has 0 N–H and O–H groups in total. The summed E-state index contributed by atoms with van der Waals surface area (Å²) in [5.41, 5.74) is 11.0. The summed E-state index contributed by atoms with van der Waals surface area (Å²) in [6.45, 7) is 0. The molecule has 2 aromatic heterocycles. The van der Waals surface area contributed by atoms with Crippen LogP contribution in [0.2, 0.25) is 0 Å². The molecule has 184 valence electrons. The molecule has 0 aliphatic carbocycles. The van der Waals surface area contributed by atoms with Crippen molar-refractivity contribution in [2.75, 3.05) is 0 Å². The van der Waals surface area contributed by atoms with Crippen molar-refractivity contribution in [1.82, 2.24) is 9.13 Å². The summed E-state index contributed by atoms with van der Waals surface area (Å²) in [6.07, 6.45) is 0. The van der Waals surface area contributed by atoms with Gasteiger partial charge in [0.15, 0.2) is 0 Å². The summed E-state index contributed by atoms with van der Waals surface area (Å²) in [4.78, 5) is 0. The number of hydrogen-bond acceptors (Lipinski definition) is 0. The highest BCUT2D eigenvalue weighted by molar-refractivity contribution is 6.23. The Morgan fingerprint density at radius 2 is 0.923 bits per heavy atom. The zero-order valence-corrected chi connectivity index (χ0v) is 21.7. The van der Waals surface area contributed by atoms with Gasteiger partial charge < -0.3 is 9.13 Å². The number of aromatic nitrogens is 2. The Hall–Kier alpha value is -5.08. The molecule has 0 fully saturated rings. The van der Waals surface area contributed by atoms with E-state index in [1.807, 2.05) is 0 Å². The Bertz CT molecular complexity index is 2180. The molecule has 2 heterocycles. The van der Waals surface area contributed by atoms with Crippen LogP contribution in [0.15, 0.2) is 140 Å². The number of aryl methyl sites for hydroxylation is 1. The molecule has 0 unspecified atom stereocenters. The van der Waals surface area contributed by atoms with E-state index < -0.39 is 0 Å². The fourth-order valence-electron chi connectivity index (χ4n) is 6.31. The monoisotopic (exact) mass is 498 g/mol. The van der Waals surface area contributed by atoms with E-state index in [1.165, 1.54) is 71.6 Å². The lowest BCUT2D eigenvalue weighted by molar-refractivity contribution is 1.01. The van der Waals surface area contributed by atoms with Crippen LogP contribution in [-0.4, -0.2) is 9.13 Å². The summed E-state index contributed by atoms with van der Waals surface area (Å²) in [5, 5.41) is 5.13. The van der Waals surface area contributed by atoms with Crippen molar-refractivity contribution in [1.29, 1.82) is 0 Å². The van der Waals surface area contributed by atoms with Crippen LogP contribution >= 0.6 is 0 Å². The Morgan fingerprint density at radius 3 is 1.69 bits per heavy atom. The number of rotatable bonds is 3. The third-order valence-corrected chi connectivity index (χ3v) is 8.11. The maximum Gasteiger partial charge on any atom is 0.0785 e. The smallest absolute Gasteiger partial charge is 0.0785 e. The van der Waals surface area contributed by atoms with E-state index in [0.29, 0.717) is 0 Å². The van der Waals surface area contributed by atoms with Crippen molar-refractivity contribution < 1.29 is 0 Å². The molecule has 0 aliphatic heterocycles. The standard InChI is InChI=1S/C37H26N2/c1-38-34-19-7-5-17-30(34)32-21-22-33-31-18-6-8-20-35(31)39(37(33)36(32)38)29-16-10-15-28(24-29)27-14-9-13-26(23-27)25-11-3-2-4-12-25/h2-24H,1H3. The Balaban J connectivity index is 1.41. The molecule has 0 atom stereocenters. The van der Waals surface area contributed by atoms with Crippen molar-refractivity contribution in [2.24, 2.45) is 7.05 Å². The van der Waals surface area contributed by atoms with Gasteiger partial charge in [0.2, 0.25) is 0 Å². The Labute approximate surface area is 227 Å². The summed E-state index contributed by atoms with van der Waals surface area (Å²) >= 11 is 0. The van der Waals surface area contributed by atoms with Gasteiger partial charge in [-0.05, 0) is 52.6 Å². The third-order valence-electron chi connectivity index (χ3n) is 8.11. The number of para-hydroxylation sites is 2. The SMILES string of the molecule is Cn1c2ccccc2c2ccc3c4ccccc4n(-c4cccc(-c5cccc(-c6ccccc6)c5)c4)c3c21. The van der Waals surface area contributed by atoms with Gasteiger partial charge in [0.25, 0.3) is 0 Å². The average Bonchev–Trinajstić information content (AvgIpc) is 3.50. The minimum Gasteiger partial charge on any atom is -0.342 e.